The zero-order valence-corrected chi connectivity index (χ0v) is 12.4. The Hall–Kier alpha value is -1.85. The number of phenolic OH excluding ortho intramolecular Hbond substituents is 1. The van der Waals surface area contributed by atoms with Crippen LogP contribution >= 0.6 is 11.3 Å². The van der Waals surface area contributed by atoms with Crippen molar-refractivity contribution in [3.8, 4) is 16.5 Å². The summed E-state index contributed by atoms with van der Waals surface area (Å²) in [6, 6.07) is 10.0. The number of piperidine rings is 1. The van der Waals surface area contributed by atoms with Crippen LogP contribution in [0.4, 0.5) is 0 Å². The Morgan fingerprint density at radius 2 is 2.24 bits per heavy atom. The van der Waals surface area contributed by atoms with Crippen molar-refractivity contribution in [2.45, 2.75) is 18.9 Å². The van der Waals surface area contributed by atoms with Crippen molar-refractivity contribution in [3.63, 3.8) is 0 Å². The second-order valence-electron chi connectivity index (χ2n) is 5.43. The molecule has 1 aliphatic heterocycles. The summed E-state index contributed by atoms with van der Waals surface area (Å²) in [7, 11) is 0. The summed E-state index contributed by atoms with van der Waals surface area (Å²) in [4.78, 5) is 5.93. The van der Waals surface area contributed by atoms with Gasteiger partial charge in [0.1, 0.15) is 11.3 Å². The molecule has 3 aromatic rings. The first-order valence-electron chi connectivity index (χ1n) is 7.29. The number of hydrogen-bond acceptors (Lipinski definition) is 4. The lowest BCUT2D eigenvalue weighted by molar-refractivity contribution is 0.377. The molecule has 1 aromatic carbocycles. The van der Waals surface area contributed by atoms with Gasteiger partial charge in [-0.15, -0.1) is 11.3 Å². The van der Waals surface area contributed by atoms with Crippen LogP contribution in [0.5, 0.6) is 5.75 Å². The van der Waals surface area contributed by atoms with Crippen LogP contribution in [0.25, 0.3) is 21.7 Å². The van der Waals surface area contributed by atoms with E-state index in [-0.39, 0.29) is 0 Å². The Morgan fingerprint density at radius 1 is 1.29 bits per heavy atom. The number of hydrogen-bond donors (Lipinski definition) is 2. The quantitative estimate of drug-likeness (QED) is 0.762. The Bertz CT molecular complexity index is 757. The highest BCUT2D eigenvalue weighted by Gasteiger charge is 2.23. The number of phenols is 1. The van der Waals surface area contributed by atoms with Crippen molar-refractivity contribution in [3.05, 3.63) is 35.7 Å². The van der Waals surface area contributed by atoms with Gasteiger partial charge in [0.2, 0.25) is 0 Å². The zero-order chi connectivity index (χ0) is 14.2. The summed E-state index contributed by atoms with van der Waals surface area (Å²) in [5.74, 6) is 1.28. The molecule has 1 unspecified atom stereocenters. The topological polar surface area (TPSA) is 50.1 Å². The largest absolute Gasteiger partial charge is 0.506 e. The Labute approximate surface area is 127 Å². The average molecular weight is 299 g/mol. The molecule has 3 heterocycles. The van der Waals surface area contributed by atoms with E-state index in [0.717, 1.165) is 47.7 Å². The van der Waals surface area contributed by atoms with Gasteiger partial charge < -0.3 is 15.0 Å². The van der Waals surface area contributed by atoms with Gasteiger partial charge in [-0.3, -0.25) is 0 Å². The van der Waals surface area contributed by atoms with E-state index in [0.29, 0.717) is 11.8 Å². The molecule has 1 aliphatic rings. The van der Waals surface area contributed by atoms with E-state index in [1.54, 1.807) is 17.4 Å². The molecule has 108 valence electrons. The lowest BCUT2D eigenvalue weighted by Gasteiger charge is -2.26. The molecule has 1 fully saturated rings. The van der Waals surface area contributed by atoms with E-state index in [1.807, 2.05) is 18.2 Å². The Morgan fingerprint density at radius 3 is 3.00 bits per heavy atom. The molecule has 2 N–H and O–H groups in total. The van der Waals surface area contributed by atoms with Gasteiger partial charge in [-0.25, -0.2) is 4.98 Å². The molecule has 0 radical (unpaired) electrons. The maximum Gasteiger partial charge on any atom is 0.151 e. The molecule has 5 heteroatoms. The minimum atomic E-state index is 0.313. The third kappa shape index (κ3) is 2.13. The predicted octanol–water partition coefficient (Wildman–Crippen LogP) is 3.39. The third-order valence-corrected chi connectivity index (χ3v) is 4.93. The van der Waals surface area contributed by atoms with Crippen LogP contribution in [0, 0.1) is 0 Å². The molecule has 0 saturated carbocycles. The van der Waals surface area contributed by atoms with Crippen molar-refractivity contribution in [2.24, 2.45) is 0 Å². The maximum atomic E-state index is 10.3. The first-order valence-corrected chi connectivity index (χ1v) is 8.17. The monoisotopic (exact) mass is 299 g/mol. The van der Waals surface area contributed by atoms with Crippen LogP contribution in [0.1, 0.15) is 18.9 Å². The van der Waals surface area contributed by atoms with E-state index in [2.05, 4.69) is 21.3 Å². The standard InChI is InChI=1S/C16H17N3OS/c20-13-6-1-5-12-15(13)19(11-4-2-8-17-10-11)16(18-12)14-7-3-9-21-14/h1,3,5-7,9,11,17,20H,2,4,8,10H2. The molecule has 0 aliphatic carbocycles. The number of fused-ring (bicyclic) bond motifs is 1. The van der Waals surface area contributed by atoms with Crippen LogP contribution in [0.2, 0.25) is 0 Å². The fourth-order valence-electron chi connectivity index (χ4n) is 3.12. The zero-order valence-electron chi connectivity index (χ0n) is 11.6. The molecule has 4 nitrogen and oxygen atoms in total. The number of aromatic hydroxyl groups is 1. The lowest BCUT2D eigenvalue weighted by atomic mass is 10.1. The molecule has 21 heavy (non-hydrogen) atoms. The average Bonchev–Trinajstić information content (AvgIpc) is 3.16. The molecule has 4 rings (SSSR count). The number of aromatic nitrogens is 2. The minimum absolute atomic E-state index is 0.313. The van der Waals surface area contributed by atoms with Crippen LogP contribution in [-0.4, -0.2) is 27.7 Å². The summed E-state index contributed by atoms with van der Waals surface area (Å²) in [6.45, 7) is 2.00. The smallest absolute Gasteiger partial charge is 0.151 e. The Kier molecular flexibility index (Phi) is 3.16. The van der Waals surface area contributed by atoms with E-state index < -0.39 is 0 Å². The summed E-state index contributed by atoms with van der Waals surface area (Å²) < 4.78 is 2.22. The van der Waals surface area contributed by atoms with Crippen LogP contribution in [0.3, 0.4) is 0 Å². The number of benzene rings is 1. The van der Waals surface area contributed by atoms with Crippen molar-refractivity contribution in [2.75, 3.05) is 13.1 Å². The summed E-state index contributed by atoms with van der Waals surface area (Å²) >= 11 is 1.69. The molecule has 0 bridgehead atoms. The van der Waals surface area contributed by atoms with Gasteiger partial charge in [-0.1, -0.05) is 12.1 Å². The summed E-state index contributed by atoms with van der Waals surface area (Å²) in [6.07, 6.45) is 2.27. The van der Waals surface area contributed by atoms with Gasteiger partial charge in [0.25, 0.3) is 0 Å². The maximum absolute atomic E-state index is 10.3. The van der Waals surface area contributed by atoms with Crippen molar-refractivity contribution in [1.29, 1.82) is 0 Å². The number of thiophene rings is 1. The van der Waals surface area contributed by atoms with E-state index in [9.17, 15) is 5.11 Å². The highest BCUT2D eigenvalue weighted by molar-refractivity contribution is 7.13. The molecule has 0 amide bonds. The second kappa shape index (κ2) is 5.16. The van der Waals surface area contributed by atoms with Crippen molar-refractivity contribution < 1.29 is 5.11 Å². The number of imidazole rings is 1. The van der Waals surface area contributed by atoms with Crippen molar-refractivity contribution in [1.82, 2.24) is 14.9 Å². The van der Waals surface area contributed by atoms with Gasteiger partial charge in [0.15, 0.2) is 5.82 Å². The van der Waals surface area contributed by atoms with Crippen LogP contribution < -0.4 is 5.32 Å². The molecule has 1 atom stereocenters. The number of para-hydroxylation sites is 1. The molecule has 2 aromatic heterocycles. The lowest BCUT2D eigenvalue weighted by Crippen LogP contribution is -2.31. The van der Waals surface area contributed by atoms with Crippen LogP contribution in [0.15, 0.2) is 35.7 Å². The van der Waals surface area contributed by atoms with E-state index in [1.165, 1.54) is 0 Å². The predicted molar refractivity (Wildman–Crippen MR) is 85.9 cm³/mol. The minimum Gasteiger partial charge on any atom is -0.506 e. The SMILES string of the molecule is Oc1cccc2nc(-c3cccs3)n(C3CCCNC3)c12. The highest BCUT2D eigenvalue weighted by Crippen LogP contribution is 2.36. The van der Waals surface area contributed by atoms with Gasteiger partial charge in [0, 0.05) is 12.6 Å². The number of nitrogens with zero attached hydrogens (tertiary/aromatic N) is 2. The fourth-order valence-corrected chi connectivity index (χ4v) is 3.83. The van der Waals surface area contributed by atoms with Crippen LogP contribution in [-0.2, 0) is 0 Å². The third-order valence-electron chi connectivity index (χ3n) is 4.07. The van der Waals surface area contributed by atoms with Gasteiger partial charge in [-0.2, -0.15) is 0 Å². The molecular weight excluding hydrogens is 282 g/mol. The number of rotatable bonds is 2. The highest BCUT2D eigenvalue weighted by atomic mass is 32.1. The van der Waals surface area contributed by atoms with E-state index in [4.69, 9.17) is 4.98 Å². The molecule has 1 saturated heterocycles. The molecular formula is C16H17N3OS. The van der Waals surface area contributed by atoms with Gasteiger partial charge in [-0.05, 0) is 43.0 Å². The fraction of sp³-hybridized carbons (Fsp3) is 0.312. The second-order valence-corrected chi connectivity index (χ2v) is 6.38. The molecule has 0 spiro atoms. The van der Waals surface area contributed by atoms with E-state index >= 15 is 0 Å². The normalized spacial score (nSPS) is 19.1. The summed E-state index contributed by atoms with van der Waals surface area (Å²) in [5.41, 5.74) is 1.72. The summed E-state index contributed by atoms with van der Waals surface area (Å²) in [5, 5.41) is 15.8. The van der Waals surface area contributed by atoms with Gasteiger partial charge >= 0.3 is 0 Å². The number of nitrogens with one attached hydrogen (secondary N) is 1. The first-order chi connectivity index (χ1) is 10.3. The van der Waals surface area contributed by atoms with Gasteiger partial charge in [0.05, 0.1) is 10.4 Å². The van der Waals surface area contributed by atoms with Crippen molar-refractivity contribution >= 4 is 22.4 Å². The Balaban J connectivity index is 1.97. The first kappa shape index (κ1) is 12.9.